The summed E-state index contributed by atoms with van der Waals surface area (Å²) in [6.07, 6.45) is 4.20. The number of nitrogens with zero attached hydrogens (tertiary/aromatic N) is 1. The van der Waals surface area contributed by atoms with Crippen molar-refractivity contribution in [2.45, 2.75) is 38.6 Å². The highest BCUT2D eigenvalue weighted by Gasteiger charge is 2.30. The summed E-state index contributed by atoms with van der Waals surface area (Å²) < 4.78 is 4.67. The van der Waals surface area contributed by atoms with Gasteiger partial charge in [0.15, 0.2) is 0 Å². The fraction of sp³-hybridized carbons (Fsp3) is 0.917. The van der Waals surface area contributed by atoms with E-state index < -0.39 is 0 Å². The van der Waals surface area contributed by atoms with Crippen molar-refractivity contribution in [3.05, 3.63) is 0 Å². The summed E-state index contributed by atoms with van der Waals surface area (Å²) in [6.45, 7) is 4.69. The largest absolute Gasteiger partial charge is 0.469 e. The average Bonchev–Trinajstić information content (AvgIpc) is 2.77. The van der Waals surface area contributed by atoms with Crippen molar-refractivity contribution < 1.29 is 9.53 Å². The van der Waals surface area contributed by atoms with Gasteiger partial charge in [-0.25, -0.2) is 0 Å². The van der Waals surface area contributed by atoms with Crippen molar-refractivity contribution in [1.29, 1.82) is 0 Å². The number of ether oxygens (including phenoxy) is 1. The van der Waals surface area contributed by atoms with Gasteiger partial charge in [-0.2, -0.15) is 0 Å². The second-order valence-electron chi connectivity index (χ2n) is 4.45. The molecular formula is C12H24N2O2. The zero-order valence-electron chi connectivity index (χ0n) is 10.4. The van der Waals surface area contributed by atoms with Gasteiger partial charge in [0.1, 0.15) is 0 Å². The molecule has 2 N–H and O–H groups in total. The van der Waals surface area contributed by atoms with Crippen molar-refractivity contribution in [3.8, 4) is 0 Å². The molecule has 2 unspecified atom stereocenters. The first-order valence-electron chi connectivity index (χ1n) is 6.23. The summed E-state index contributed by atoms with van der Waals surface area (Å²) in [7, 11) is 1.44. The quantitative estimate of drug-likeness (QED) is 0.689. The lowest BCUT2D eigenvalue weighted by molar-refractivity contribution is -0.141. The van der Waals surface area contributed by atoms with Crippen molar-refractivity contribution in [2.24, 2.45) is 11.7 Å². The molecule has 0 radical (unpaired) electrons. The lowest BCUT2D eigenvalue weighted by atomic mass is 10.0. The zero-order chi connectivity index (χ0) is 12.0. The maximum Gasteiger partial charge on any atom is 0.306 e. The molecule has 0 spiro atoms. The van der Waals surface area contributed by atoms with Gasteiger partial charge in [0, 0.05) is 12.6 Å². The Kier molecular flexibility index (Phi) is 5.77. The second-order valence-corrected chi connectivity index (χ2v) is 4.45. The molecular weight excluding hydrogens is 204 g/mol. The molecule has 0 aromatic carbocycles. The predicted octanol–water partition coefficient (Wildman–Crippen LogP) is 0.999. The minimum Gasteiger partial charge on any atom is -0.469 e. The smallest absolute Gasteiger partial charge is 0.306 e. The van der Waals surface area contributed by atoms with E-state index in [0.717, 1.165) is 19.6 Å². The van der Waals surface area contributed by atoms with Crippen LogP contribution >= 0.6 is 0 Å². The molecule has 16 heavy (non-hydrogen) atoms. The van der Waals surface area contributed by atoms with E-state index in [2.05, 4.69) is 16.6 Å². The first-order valence-corrected chi connectivity index (χ1v) is 6.23. The number of esters is 1. The molecule has 0 aromatic heterocycles. The Bertz CT molecular complexity index is 221. The molecule has 94 valence electrons. The van der Waals surface area contributed by atoms with Crippen molar-refractivity contribution >= 4 is 5.97 Å². The number of hydrogen-bond donors (Lipinski definition) is 1. The molecule has 2 atom stereocenters. The first-order chi connectivity index (χ1) is 7.72. The summed E-state index contributed by atoms with van der Waals surface area (Å²) in [4.78, 5) is 13.5. The Morgan fingerprint density at radius 1 is 1.50 bits per heavy atom. The predicted molar refractivity (Wildman–Crippen MR) is 64.1 cm³/mol. The van der Waals surface area contributed by atoms with Gasteiger partial charge in [-0.1, -0.05) is 13.3 Å². The molecule has 4 nitrogen and oxygen atoms in total. The minimum atomic E-state index is -0.124. The van der Waals surface area contributed by atoms with Crippen LogP contribution in [0.2, 0.25) is 0 Å². The summed E-state index contributed by atoms with van der Waals surface area (Å²) in [5.41, 5.74) is 5.78. The van der Waals surface area contributed by atoms with E-state index in [1.54, 1.807) is 0 Å². The normalized spacial score (nSPS) is 25.0. The van der Waals surface area contributed by atoms with Crippen LogP contribution in [0.15, 0.2) is 0 Å². The summed E-state index contributed by atoms with van der Waals surface area (Å²) >= 11 is 0. The molecule has 1 rings (SSSR count). The molecule has 0 aliphatic heterocycles. The Morgan fingerprint density at radius 2 is 2.25 bits per heavy atom. The standard InChI is InChI=1S/C12H24N2O2/c1-3-14(8-7-12(15)16-2)11-6-4-5-10(11)9-13/h10-11H,3-9,13H2,1-2H3. The van der Waals surface area contributed by atoms with Gasteiger partial charge in [0.05, 0.1) is 13.5 Å². The molecule has 0 heterocycles. The molecule has 0 amide bonds. The van der Waals surface area contributed by atoms with Gasteiger partial charge in [-0.15, -0.1) is 0 Å². The third-order valence-corrected chi connectivity index (χ3v) is 3.63. The van der Waals surface area contributed by atoms with Gasteiger partial charge >= 0.3 is 5.97 Å². The van der Waals surface area contributed by atoms with Crippen LogP contribution in [-0.4, -0.2) is 43.7 Å². The van der Waals surface area contributed by atoms with Crippen LogP contribution in [0.1, 0.15) is 32.6 Å². The number of hydrogen-bond acceptors (Lipinski definition) is 4. The van der Waals surface area contributed by atoms with Gasteiger partial charge in [-0.3, -0.25) is 9.69 Å². The van der Waals surface area contributed by atoms with Crippen molar-refractivity contribution in [1.82, 2.24) is 4.90 Å². The molecule has 4 heteroatoms. The Balaban J connectivity index is 2.43. The highest BCUT2D eigenvalue weighted by molar-refractivity contribution is 5.69. The number of rotatable bonds is 6. The first kappa shape index (κ1) is 13.5. The zero-order valence-corrected chi connectivity index (χ0v) is 10.4. The highest BCUT2D eigenvalue weighted by Crippen LogP contribution is 2.29. The van der Waals surface area contributed by atoms with Crippen LogP contribution < -0.4 is 5.73 Å². The van der Waals surface area contributed by atoms with Crippen LogP contribution in [0, 0.1) is 5.92 Å². The van der Waals surface area contributed by atoms with E-state index in [9.17, 15) is 4.79 Å². The van der Waals surface area contributed by atoms with E-state index >= 15 is 0 Å². The highest BCUT2D eigenvalue weighted by atomic mass is 16.5. The van der Waals surface area contributed by atoms with Gasteiger partial charge in [-0.05, 0) is 31.8 Å². The molecule has 0 bridgehead atoms. The van der Waals surface area contributed by atoms with Crippen LogP contribution in [0.25, 0.3) is 0 Å². The number of carbonyl (C=O) groups excluding carboxylic acids is 1. The van der Waals surface area contributed by atoms with E-state index in [0.29, 0.717) is 18.4 Å². The van der Waals surface area contributed by atoms with Crippen LogP contribution in [0.3, 0.4) is 0 Å². The number of methoxy groups -OCH3 is 1. The number of carbonyl (C=O) groups is 1. The monoisotopic (exact) mass is 228 g/mol. The summed E-state index contributed by atoms with van der Waals surface area (Å²) in [6, 6.07) is 0.569. The summed E-state index contributed by atoms with van der Waals surface area (Å²) in [5, 5.41) is 0. The topological polar surface area (TPSA) is 55.6 Å². The molecule has 0 saturated heterocycles. The van der Waals surface area contributed by atoms with Gasteiger partial charge in [0.2, 0.25) is 0 Å². The molecule has 0 aromatic rings. The summed E-state index contributed by atoms with van der Waals surface area (Å²) in [5.74, 6) is 0.485. The Morgan fingerprint density at radius 3 is 2.81 bits per heavy atom. The van der Waals surface area contributed by atoms with Crippen LogP contribution in [0.4, 0.5) is 0 Å². The molecule has 1 saturated carbocycles. The van der Waals surface area contributed by atoms with E-state index in [-0.39, 0.29) is 5.97 Å². The number of nitrogens with two attached hydrogens (primary N) is 1. The second kappa shape index (κ2) is 6.86. The fourth-order valence-electron chi connectivity index (χ4n) is 2.67. The average molecular weight is 228 g/mol. The van der Waals surface area contributed by atoms with Gasteiger partial charge < -0.3 is 10.5 Å². The van der Waals surface area contributed by atoms with Crippen molar-refractivity contribution in [2.75, 3.05) is 26.7 Å². The van der Waals surface area contributed by atoms with E-state index in [1.165, 1.54) is 26.4 Å². The third kappa shape index (κ3) is 3.46. The maximum atomic E-state index is 11.1. The Labute approximate surface area is 98.1 Å². The van der Waals surface area contributed by atoms with Crippen molar-refractivity contribution in [3.63, 3.8) is 0 Å². The maximum absolute atomic E-state index is 11.1. The molecule has 1 aliphatic rings. The lowest BCUT2D eigenvalue weighted by Gasteiger charge is -2.31. The molecule has 1 aliphatic carbocycles. The molecule has 1 fully saturated rings. The van der Waals surface area contributed by atoms with Crippen LogP contribution in [-0.2, 0) is 9.53 Å². The van der Waals surface area contributed by atoms with Crippen LogP contribution in [0.5, 0.6) is 0 Å². The fourth-order valence-corrected chi connectivity index (χ4v) is 2.67. The third-order valence-electron chi connectivity index (χ3n) is 3.63. The van der Waals surface area contributed by atoms with Gasteiger partial charge in [0.25, 0.3) is 0 Å². The van der Waals surface area contributed by atoms with E-state index in [1.807, 2.05) is 0 Å². The lowest BCUT2D eigenvalue weighted by Crippen LogP contribution is -2.41. The van der Waals surface area contributed by atoms with E-state index in [4.69, 9.17) is 5.73 Å². The SMILES string of the molecule is CCN(CCC(=O)OC)C1CCCC1CN. The minimum absolute atomic E-state index is 0.124. The Hall–Kier alpha value is -0.610.